The van der Waals surface area contributed by atoms with Gasteiger partial charge in [-0.05, 0) is 75.5 Å². The number of likely N-dealkylation sites (tertiary alicyclic amines) is 1. The molecule has 0 spiro atoms. The van der Waals surface area contributed by atoms with E-state index in [1.54, 1.807) is 0 Å². The fourth-order valence-corrected chi connectivity index (χ4v) is 5.18. The van der Waals surface area contributed by atoms with Crippen LogP contribution >= 0.6 is 24.8 Å². The van der Waals surface area contributed by atoms with Crippen molar-refractivity contribution in [2.45, 2.75) is 31.1 Å². The minimum absolute atomic E-state index is 0. The number of nitrogens with zero attached hydrogens (tertiary/aromatic N) is 3. The van der Waals surface area contributed by atoms with Crippen molar-refractivity contribution in [2.75, 3.05) is 32.7 Å². The van der Waals surface area contributed by atoms with Crippen molar-refractivity contribution in [2.24, 2.45) is 5.92 Å². The molecule has 4 heterocycles. The van der Waals surface area contributed by atoms with E-state index in [-0.39, 0.29) is 30.2 Å². The second-order valence-electron chi connectivity index (χ2n) is 8.55. The molecule has 0 saturated carbocycles. The van der Waals surface area contributed by atoms with Crippen LogP contribution in [0.4, 0.5) is 0 Å². The Morgan fingerprint density at radius 1 is 1.00 bits per heavy atom. The molecular weight excluding hydrogens is 415 g/mol. The third-order valence-corrected chi connectivity index (χ3v) is 6.81. The molecule has 162 valence electrons. The van der Waals surface area contributed by atoms with Gasteiger partial charge in [-0.25, -0.2) is 4.98 Å². The molecule has 1 atom stereocenters. The number of pyridine rings is 1. The van der Waals surface area contributed by atoms with Crippen molar-refractivity contribution in [3.05, 3.63) is 72.2 Å². The lowest BCUT2D eigenvalue weighted by Crippen LogP contribution is -2.46. The van der Waals surface area contributed by atoms with Crippen molar-refractivity contribution >= 4 is 30.5 Å². The summed E-state index contributed by atoms with van der Waals surface area (Å²) in [6, 6.07) is 17.3. The average molecular weight is 447 g/mol. The quantitative estimate of drug-likeness (QED) is 0.637. The van der Waals surface area contributed by atoms with E-state index in [0.29, 0.717) is 0 Å². The van der Waals surface area contributed by atoms with Crippen LogP contribution in [-0.4, -0.2) is 47.0 Å². The zero-order chi connectivity index (χ0) is 18.8. The van der Waals surface area contributed by atoms with Gasteiger partial charge in [-0.2, -0.15) is 0 Å². The maximum absolute atomic E-state index is 5.06. The van der Waals surface area contributed by atoms with Gasteiger partial charge in [-0.15, -0.1) is 24.8 Å². The second kappa shape index (κ2) is 10.1. The summed E-state index contributed by atoms with van der Waals surface area (Å²) in [6.45, 7) is 5.93. The standard InChI is InChI=1S/C24H30N4.2ClH/c1-2-8-21(9-3-1)24(22-19-28-14-5-4-10-23(28)26-22)11-15-27(16-12-24)18-20-7-6-13-25-17-20;;/h1-5,8-10,14,19-20,25H,6-7,11-13,15-18H2;2*1H. The van der Waals surface area contributed by atoms with Gasteiger partial charge in [-0.3, -0.25) is 0 Å². The van der Waals surface area contributed by atoms with Crippen LogP contribution in [0.15, 0.2) is 60.9 Å². The second-order valence-corrected chi connectivity index (χ2v) is 8.55. The highest BCUT2D eigenvalue weighted by atomic mass is 35.5. The first kappa shape index (κ1) is 23.1. The zero-order valence-corrected chi connectivity index (χ0v) is 19.0. The highest BCUT2D eigenvalue weighted by Gasteiger charge is 2.40. The topological polar surface area (TPSA) is 32.6 Å². The molecule has 1 N–H and O–H groups in total. The van der Waals surface area contributed by atoms with Gasteiger partial charge in [0.25, 0.3) is 0 Å². The fourth-order valence-electron chi connectivity index (χ4n) is 5.18. The molecule has 5 rings (SSSR count). The molecule has 6 heteroatoms. The molecule has 0 bridgehead atoms. The maximum Gasteiger partial charge on any atom is 0.137 e. The van der Waals surface area contributed by atoms with E-state index in [9.17, 15) is 0 Å². The Bertz CT molecular complexity index is 880. The summed E-state index contributed by atoms with van der Waals surface area (Å²) in [7, 11) is 0. The molecule has 2 fully saturated rings. The van der Waals surface area contributed by atoms with Crippen LogP contribution < -0.4 is 5.32 Å². The monoisotopic (exact) mass is 446 g/mol. The lowest BCUT2D eigenvalue weighted by atomic mass is 9.70. The number of hydrogen-bond donors (Lipinski definition) is 1. The highest BCUT2D eigenvalue weighted by Crippen LogP contribution is 2.41. The normalized spacial score (nSPS) is 21.5. The van der Waals surface area contributed by atoms with Gasteiger partial charge in [0.2, 0.25) is 0 Å². The smallest absolute Gasteiger partial charge is 0.137 e. The van der Waals surface area contributed by atoms with Crippen LogP contribution in [0.5, 0.6) is 0 Å². The third-order valence-electron chi connectivity index (χ3n) is 6.81. The van der Waals surface area contributed by atoms with Gasteiger partial charge < -0.3 is 14.6 Å². The molecule has 1 aromatic carbocycles. The maximum atomic E-state index is 5.06. The van der Waals surface area contributed by atoms with Gasteiger partial charge in [-0.1, -0.05) is 36.4 Å². The Kier molecular flexibility index (Phi) is 7.81. The average Bonchev–Trinajstić information content (AvgIpc) is 3.21. The van der Waals surface area contributed by atoms with E-state index in [2.05, 4.69) is 75.5 Å². The van der Waals surface area contributed by atoms with Crippen molar-refractivity contribution in [1.82, 2.24) is 19.6 Å². The van der Waals surface area contributed by atoms with Crippen molar-refractivity contribution in [1.29, 1.82) is 0 Å². The van der Waals surface area contributed by atoms with E-state index >= 15 is 0 Å². The van der Waals surface area contributed by atoms with Crippen LogP contribution in [0, 0.1) is 5.92 Å². The molecule has 30 heavy (non-hydrogen) atoms. The first-order valence-corrected chi connectivity index (χ1v) is 10.8. The molecule has 2 aliphatic rings. The molecule has 2 aromatic heterocycles. The first-order valence-electron chi connectivity index (χ1n) is 10.8. The minimum Gasteiger partial charge on any atom is -0.316 e. The van der Waals surface area contributed by atoms with E-state index in [1.807, 2.05) is 0 Å². The summed E-state index contributed by atoms with van der Waals surface area (Å²) < 4.78 is 2.17. The SMILES string of the molecule is Cl.Cl.c1ccc(C2(c3cn4ccccc4n3)CCN(CC3CCCNC3)CC2)cc1. The Morgan fingerprint density at radius 2 is 1.77 bits per heavy atom. The summed E-state index contributed by atoms with van der Waals surface area (Å²) in [6.07, 6.45) is 9.34. The van der Waals surface area contributed by atoms with Gasteiger partial charge in [0.05, 0.1) is 5.69 Å². The molecular formula is C24H32Cl2N4. The number of hydrogen-bond acceptors (Lipinski definition) is 3. The van der Waals surface area contributed by atoms with Crippen LogP contribution in [-0.2, 0) is 5.41 Å². The number of fused-ring (bicyclic) bond motifs is 1. The van der Waals surface area contributed by atoms with Gasteiger partial charge in [0.1, 0.15) is 5.65 Å². The number of benzene rings is 1. The largest absolute Gasteiger partial charge is 0.316 e. The number of rotatable bonds is 4. The van der Waals surface area contributed by atoms with Crippen LogP contribution in [0.2, 0.25) is 0 Å². The highest BCUT2D eigenvalue weighted by molar-refractivity contribution is 5.85. The summed E-state index contributed by atoms with van der Waals surface area (Å²) in [5.41, 5.74) is 3.71. The summed E-state index contributed by atoms with van der Waals surface area (Å²) in [5.74, 6) is 0.813. The predicted molar refractivity (Wildman–Crippen MR) is 128 cm³/mol. The van der Waals surface area contributed by atoms with Crippen LogP contribution in [0.3, 0.4) is 0 Å². The molecule has 0 radical (unpaired) electrons. The number of piperidine rings is 2. The Morgan fingerprint density at radius 3 is 2.47 bits per heavy atom. The van der Waals surface area contributed by atoms with E-state index in [0.717, 1.165) is 37.5 Å². The number of nitrogens with one attached hydrogen (secondary N) is 1. The third kappa shape index (κ3) is 4.52. The predicted octanol–water partition coefficient (Wildman–Crippen LogP) is 4.56. The van der Waals surface area contributed by atoms with E-state index in [1.165, 1.54) is 43.7 Å². The van der Waals surface area contributed by atoms with Gasteiger partial charge in [0.15, 0.2) is 0 Å². The van der Waals surface area contributed by atoms with Crippen molar-refractivity contribution in [3.8, 4) is 0 Å². The molecule has 2 aliphatic heterocycles. The van der Waals surface area contributed by atoms with Crippen molar-refractivity contribution < 1.29 is 0 Å². The Balaban J connectivity index is 0.00000128. The summed E-state index contributed by atoms with van der Waals surface area (Å²) in [5, 5.41) is 3.57. The number of aromatic nitrogens is 2. The molecule has 0 aliphatic carbocycles. The number of halogens is 2. The van der Waals surface area contributed by atoms with Crippen LogP contribution in [0.25, 0.3) is 5.65 Å². The van der Waals surface area contributed by atoms with Crippen LogP contribution in [0.1, 0.15) is 36.9 Å². The Hall–Kier alpha value is -1.59. The molecule has 4 nitrogen and oxygen atoms in total. The first-order chi connectivity index (χ1) is 13.8. The van der Waals surface area contributed by atoms with Gasteiger partial charge >= 0.3 is 0 Å². The minimum atomic E-state index is 0. The fraction of sp³-hybridized carbons (Fsp3) is 0.458. The lowest BCUT2D eigenvalue weighted by molar-refractivity contribution is 0.145. The summed E-state index contributed by atoms with van der Waals surface area (Å²) >= 11 is 0. The number of imidazole rings is 1. The van der Waals surface area contributed by atoms with E-state index < -0.39 is 0 Å². The molecule has 3 aromatic rings. The van der Waals surface area contributed by atoms with Gasteiger partial charge in [0, 0.05) is 24.4 Å². The molecule has 2 saturated heterocycles. The molecule has 1 unspecified atom stereocenters. The van der Waals surface area contributed by atoms with E-state index in [4.69, 9.17) is 4.98 Å². The lowest BCUT2D eigenvalue weighted by Gasteiger charge is -2.42. The van der Waals surface area contributed by atoms with Crippen molar-refractivity contribution in [3.63, 3.8) is 0 Å². The zero-order valence-electron chi connectivity index (χ0n) is 17.4. The summed E-state index contributed by atoms with van der Waals surface area (Å²) in [4.78, 5) is 7.75. The Labute approximate surface area is 191 Å². The molecule has 0 amide bonds.